The van der Waals surface area contributed by atoms with Crippen molar-refractivity contribution >= 4 is 11.6 Å². The first kappa shape index (κ1) is 15.1. The Morgan fingerprint density at radius 1 is 1.10 bits per heavy atom. The van der Waals surface area contributed by atoms with Crippen molar-refractivity contribution in [2.45, 2.75) is 26.3 Å². The Balaban J connectivity index is 1.95. The molecule has 0 aliphatic heterocycles. The maximum Gasteiger partial charge on any atom is 0.238 e. The van der Waals surface area contributed by atoms with Crippen LogP contribution in [-0.4, -0.2) is 28.0 Å². The van der Waals surface area contributed by atoms with Gasteiger partial charge in [0, 0.05) is 11.1 Å². The molecule has 0 unspecified atom stereocenters. The molecule has 0 aliphatic rings. The molecule has 0 radical (unpaired) electrons. The number of hydrogen-bond donors (Lipinski definition) is 2. The van der Waals surface area contributed by atoms with Crippen LogP contribution in [0.4, 0.5) is 5.69 Å². The molecule has 5 heteroatoms. The van der Waals surface area contributed by atoms with Gasteiger partial charge in [-0.05, 0) is 20.8 Å². The van der Waals surface area contributed by atoms with Gasteiger partial charge in [0.1, 0.15) is 0 Å². The number of aromatic nitrogens is 2. The van der Waals surface area contributed by atoms with Crippen LogP contribution >= 0.6 is 0 Å². The zero-order chi connectivity index (χ0) is 15.3. The minimum atomic E-state index is -0.110. The molecule has 1 amide bonds. The second kappa shape index (κ2) is 6.45. The van der Waals surface area contributed by atoms with Gasteiger partial charge >= 0.3 is 0 Å². The molecule has 5 nitrogen and oxygen atoms in total. The average molecular weight is 284 g/mol. The third-order valence-electron chi connectivity index (χ3n) is 2.75. The molecule has 2 rings (SSSR count). The van der Waals surface area contributed by atoms with E-state index in [0.29, 0.717) is 11.5 Å². The Kier molecular flexibility index (Phi) is 4.65. The highest BCUT2D eigenvalue weighted by molar-refractivity contribution is 5.92. The van der Waals surface area contributed by atoms with Crippen LogP contribution in [0.5, 0.6) is 0 Å². The summed E-state index contributed by atoms with van der Waals surface area (Å²) in [5.74, 6) is 0.530. The Morgan fingerprint density at radius 2 is 1.71 bits per heavy atom. The van der Waals surface area contributed by atoms with Crippen molar-refractivity contribution in [2.24, 2.45) is 0 Å². The van der Waals surface area contributed by atoms with Gasteiger partial charge in [0.15, 0.2) is 5.82 Å². The van der Waals surface area contributed by atoms with E-state index in [0.717, 1.165) is 5.56 Å². The zero-order valence-electron chi connectivity index (χ0n) is 12.6. The van der Waals surface area contributed by atoms with Crippen molar-refractivity contribution < 1.29 is 4.79 Å². The van der Waals surface area contributed by atoms with Crippen LogP contribution in [-0.2, 0) is 4.79 Å². The summed E-state index contributed by atoms with van der Waals surface area (Å²) in [6.45, 7) is 6.29. The Hall–Kier alpha value is -2.27. The first-order chi connectivity index (χ1) is 9.94. The van der Waals surface area contributed by atoms with Crippen molar-refractivity contribution in [2.75, 3.05) is 11.9 Å². The molecule has 2 N–H and O–H groups in total. The number of rotatable bonds is 4. The van der Waals surface area contributed by atoms with Crippen molar-refractivity contribution in [3.63, 3.8) is 0 Å². The SMILES string of the molecule is CC(C)(C)NCC(=O)Nc1cnc(-c2ccccc2)nc1. The van der Waals surface area contributed by atoms with E-state index in [1.54, 1.807) is 12.4 Å². The summed E-state index contributed by atoms with van der Waals surface area (Å²) in [6, 6.07) is 9.71. The molecule has 0 bridgehead atoms. The molecule has 21 heavy (non-hydrogen) atoms. The molecule has 0 saturated heterocycles. The second-order valence-electron chi connectivity index (χ2n) is 5.81. The van der Waals surface area contributed by atoms with E-state index in [4.69, 9.17) is 0 Å². The van der Waals surface area contributed by atoms with Crippen LogP contribution in [0.1, 0.15) is 20.8 Å². The van der Waals surface area contributed by atoms with Crippen LogP contribution < -0.4 is 10.6 Å². The average Bonchev–Trinajstić information content (AvgIpc) is 2.46. The maximum absolute atomic E-state index is 11.8. The maximum atomic E-state index is 11.8. The quantitative estimate of drug-likeness (QED) is 0.905. The minimum absolute atomic E-state index is 0.0923. The lowest BCUT2D eigenvalue weighted by molar-refractivity contribution is -0.115. The van der Waals surface area contributed by atoms with Gasteiger partial charge in [-0.3, -0.25) is 4.79 Å². The van der Waals surface area contributed by atoms with Crippen molar-refractivity contribution in [3.05, 3.63) is 42.7 Å². The third kappa shape index (κ3) is 4.96. The molecule has 2 aromatic rings. The fourth-order valence-electron chi connectivity index (χ4n) is 1.68. The summed E-state index contributed by atoms with van der Waals surface area (Å²) in [6.07, 6.45) is 3.23. The Morgan fingerprint density at radius 3 is 2.29 bits per heavy atom. The molecule has 1 aromatic carbocycles. The summed E-state index contributed by atoms with van der Waals surface area (Å²) in [7, 11) is 0. The monoisotopic (exact) mass is 284 g/mol. The number of anilines is 1. The van der Waals surface area contributed by atoms with Gasteiger partial charge < -0.3 is 10.6 Å². The lowest BCUT2D eigenvalue weighted by Crippen LogP contribution is -2.41. The van der Waals surface area contributed by atoms with E-state index in [2.05, 4.69) is 20.6 Å². The Labute approximate surface area is 124 Å². The second-order valence-corrected chi connectivity index (χ2v) is 5.81. The molecule has 1 heterocycles. The first-order valence-electron chi connectivity index (χ1n) is 6.86. The van der Waals surface area contributed by atoms with Gasteiger partial charge in [0.2, 0.25) is 5.91 Å². The van der Waals surface area contributed by atoms with Gasteiger partial charge in [-0.25, -0.2) is 9.97 Å². The largest absolute Gasteiger partial charge is 0.322 e. The third-order valence-corrected chi connectivity index (χ3v) is 2.75. The number of nitrogens with zero attached hydrogens (tertiary/aromatic N) is 2. The van der Waals surface area contributed by atoms with Gasteiger partial charge in [0.05, 0.1) is 24.6 Å². The molecule has 0 saturated carbocycles. The zero-order valence-corrected chi connectivity index (χ0v) is 12.6. The number of carbonyl (C=O) groups is 1. The van der Waals surface area contributed by atoms with Crippen LogP contribution in [0, 0.1) is 0 Å². The fourth-order valence-corrected chi connectivity index (χ4v) is 1.68. The first-order valence-corrected chi connectivity index (χ1v) is 6.86. The van der Waals surface area contributed by atoms with E-state index < -0.39 is 0 Å². The summed E-state index contributed by atoms with van der Waals surface area (Å²) in [5.41, 5.74) is 1.45. The standard InChI is InChI=1S/C16H20N4O/c1-16(2,3)19-11-14(21)20-13-9-17-15(18-10-13)12-7-5-4-6-8-12/h4-10,19H,11H2,1-3H3,(H,20,21). The van der Waals surface area contributed by atoms with Gasteiger partial charge in [-0.2, -0.15) is 0 Å². The van der Waals surface area contributed by atoms with Crippen molar-refractivity contribution in [1.29, 1.82) is 0 Å². The van der Waals surface area contributed by atoms with Crippen LogP contribution in [0.2, 0.25) is 0 Å². The molecular formula is C16H20N4O. The topological polar surface area (TPSA) is 66.9 Å². The van der Waals surface area contributed by atoms with Crippen LogP contribution in [0.25, 0.3) is 11.4 Å². The number of amides is 1. The highest BCUT2D eigenvalue weighted by Gasteiger charge is 2.11. The highest BCUT2D eigenvalue weighted by atomic mass is 16.1. The molecule has 0 aliphatic carbocycles. The molecule has 1 aromatic heterocycles. The molecule has 110 valence electrons. The summed E-state index contributed by atoms with van der Waals surface area (Å²) in [5, 5.41) is 5.89. The lowest BCUT2D eigenvalue weighted by atomic mass is 10.1. The van der Waals surface area contributed by atoms with E-state index in [9.17, 15) is 4.79 Å². The van der Waals surface area contributed by atoms with E-state index in [-0.39, 0.29) is 18.0 Å². The number of benzene rings is 1. The molecule has 0 fully saturated rings. The minimum Gasteiger partial charge on any atom is -0.322 e. The van der Waals surface area contributed by atoms with Crippen LogP contribution in [0.15, 0.2) is 42.7 Å². The molecular weight excluding hydrogens is 264 g/mol. The van der Waals surface area contributed by atoms with Gasteiger partial charge in [0.25, 0.3) is 0 Å². The summed E-state index contributed by atoms with van der Waals surface area (Å²) in [4.78, 5) is 20.3. The lowest BCUT2D eigenvalue weighted by Gasteiger charge is -2.19. The van der Waals surface area contributed by atoms with Crippen LogP contribution in [0.3, 0.4) is 0 Å². The van der Waals surface area contributed by atoms with Gasteiger partial charge in [-0.1, -0.05) is 30.3 Å². The van der Waals surface area contributed by atoms with Crippen molar-refractivity contribution in [1.82, 2.24) is 15.3 Å². The predicted octanol–water partition coefficient (Wildman–Crippen LogP) is 2.47. The summed E-state index contributed by atoms with van der Waals surface area (Å²) < 4.78 is 0. The highest BCUT2D eigenvalue weighted by Crippen LogP contribution is 2.14. The van der Waals surface area contributed by atoms with Crippen molar-refractivity contribution in [3.8, 4) is 11.4 Å². The fraction of sp³-hybridized carbons (Fsp3) is 0.312. The normalized spacial score (nSPS) is 11.2. The van der Waals surface area contributed by atoms with E-state index >= 15 is 0 Å². The molecule has 0 spiro atoms. The summed E-state index contributed by atoms with van der Waals surface area (Å²) >= 11 is 0. The number of hydrogen-bond acceptors (Lipinski definition) is 4. The number of nitrogens with one attached hydrogen (secondary N) is 2. The Bertz CT molecular complexity index is 588. The van der Waals surface area contributed by atoms with E-state index in [1.807, 2.05) is 51.1 Å². The van der Waals surface area contributed by atoms with Gasteiger partial charge in [-0.15, -0.1) is 0 Å². The predicted molar refractivity (Wildman–Crippen MR) is 83.9 cm³/mol. The smallest absolute Gasteiger partial charge is 0.238 e. The number of carbonyl (C=O) groups excluding carboxylic acids is 1. The molecule has 0 atom stereocenters. The van der Waals surface area contributed by atoms with E-state index in [1.165, 1.54) is 0 Å².